The van der Waals surface area contributed by atoms with Crippen LogP contribution in [0.1, 0.15) is 33.9 Å². The number of methoxy groups -OCH3 is 1. The predicted octanol–water partition coefficient (Wildman–Crippen LogP) is 4.69. The topological polar surface area (TPSA) is 55.4 Å². The molecule has 0 radical (unpaired) electrons. The number of benzene rings is 3. The van der Waals surface area contributed by atoms with E-state index in [1.807, 2.05) is 61.5 Å². The van der Waals surface area contributed by atoms with Crippen molar-refractivity contribution in [2.45, 2.75) is 31.7 Å². The van der Waals surface area contributed by atoms with Crippen molar-refractivity contribution in [3.8, 4) is 5.75 Å². The van der Waals surface area contributed by atoms with E-state index >= 15 is 0 Å². The maximum Gasteiger partial charge on any atom is 0.241 e. The maximum absolute atomic E-state index is 13.3. The fourth-order valence-electron chi connectivity index (χ4n) is 3.40. The summed E-state index contributed by atoms with van der Waals surface area (Å²) in [6.45, 7) is 5.58. The Morgan fingerprint density at radius 1 is 0.821 bits per heavy atom. The van der Waals surface area contributed by atoms with E-state index in [4.69, 9.17) is 4.74 Å². The lowest BCUT2D eigenvalue weighted by molar-refractivity contribution is 0.413. The van der Waals surface area contributed by atoms with Crippen LogP contribution in [-0.2, 0) is 10.0 Å². The smallest absolute Gasteiger partial charge is 0.241 e. The average molecular weight is 396 g/mol. The van der Waals surface area contributed by atoms with Gasteiger partial charge in [-0.05, 0) is 55.2 Å². The normalized spacial score (nSPS) is 12.6. The number of hydrogen-bond acceptors (Lipinski definition) is 3. The molecule has 3 rings (SSSR count). The van der Waals surface area contributed by atoms with Gasteiger partial charge in [-0.15, -0.1) is 0 Å². The summed E-state index contributed by atoms with van der Waals surface area (Å²) >= 11 is 0. The van der Waals surface area contributed by atoms with Gasteiger partial charge in [0.25, 0.3) is 0 Å². The zero-order chi connectivity index (χ0) is 20.3. The van der Waals surface area contributed by atoms with E-state index < -0.39 is 16.1 Å². The highest BCUT2D eigenvalue weighted by Crippen LogP contribution is 2.29. The van der Waals surface area contributed by atoms with E-state index in [2.05, 4.69) is 4.72 Å². The number of nitrogens with one attached hydrogen (secondary N) is 1. The van der Waals surface area contributed by atoms with E-state index in [0.717, 1.165) is 16.7 Å². The molecule has 146 valence electrons. The van der Waals surface area contributed by atoms with E-state index in [1.54, 1.807) is 33.1 Å². The Hall–Kier alpha value is -2.63. The molecule has 0 aromatic heterocycles. The third-order valence-corrected chi connectivity index (χ3v) is 6.48. The minimum atomic E-state index is -3.76. The SMILES string of the molecule is COc1cc(C)c(S(=O)(=O)N[C@@H](c2ccccc2)c2ccc(C)cc2)c(C)c1. The molecule has 28 heavy (non-hydrogen) atoms. The van der Waals surface area contributed by atoms with E-state index in [-0.39, 0.29) is 0 Å². The minimum Gasteiger partial charge on any atom is -0.497 e. The molecule has 0 aliphatic rings. The van der Waals surface area contributed by atoms with Crippen LogP contribution in [-0.4, -0.2) is 15.5 Å². The van der Waals surface area contributed by atoms with Crippen LogP contribution in [0.5, 0.6) is 5.75 Å². The quantitative estimate of drug-likeness (QED) is 0.659. The van der Waals surface area contributed by atoms with Crippen molar-refractivity contribution in [3.63, 3.8) is 0 Å². The first-order chi connectivity index (χ1) is 13.3. The molecule has 5 heteroatoms. The Kier molecular flexibility index (Phi) is 5.87. The lowest BCUT2D eigenvalue weighted by Crippen LogP contribution is -2.30. The summed E-state index contributed by atoms with van der Waals surface area (Å²) in [4.78, 5) is 0.293. The molecule has 3 aromatic carbocycles. The van der Waals surface area contributed by atoms with Gasteiger partial charge in [-0.2, -0.15) is 4.72 Å². The van der Waals surface area contributed by atoms with Gasteiger partial charge in [0, 0.05) is 0 Å². The van der Waals surface area contributed by atoms with Crippen molar-refractivity contribution < 1.29 is 13.2 Å². The van der Waals surface area contributed by atoms with E-state index in [0.29, 0.717) is 21.8 Å². The van der Waals surface area contributed by atoms with Crippen molar-refractivity contribution in [1.29, 1.82) is 0 Å². The van der Waals surface area contributed by atoms with Gasteiger partial charge in [-0.3, -0.25) is 0 Å². The molecule has 0 amide bonds. The van der Waals surface area contributed by atoms with Crippen LogP contribution in [0.2, 0.25) is 0 Å². The summed E-state index contributed by atoms with van der Waals surface area (Å²) in [5.41, 5.74) is 4.21. The molecule has 0 saturated heterocycles. The summed E-state index contributed by atoms with van der Waals surface area (Å²) < 4.78 is 34.9. The molecule has 0 spiro atoms. The first-order valence-corrected chi connectivity index (χ1v) is 10.6. The largest absolute Gasteiger partial charge is 0.497 e. The maximum atomic E-state index is 13.3. The van der Waals surface area contributed by atoms with Crippen molar-refractivity contribution in [3.05, 3.63) is 94.5 Å². The molecule has 0 saturated carbocycles. The number of rotatable bonds is 6. The predicted molar refractivity (Wildman–Crippen MR) is 112 cm³/mol. The third-order valence-electron chi connectivity index (χ3n) is 4.75. The Bertz CT molecular complexity index is 1040. The summed E-state index contributed by atoms with van der Waals surface area (Å²) in [5.74, 6) is 0.645. The summed E-state index contributed by atoms with van der Waals surface area (Å²) in [6.07, 6.45) is 0. The molecule has 0 aliphatic carbocycles. The van der Waals surface area contributed by atoms with Gasteiger partial charge in [0.2, 0.25) is 10.0 Å². The average Bonchev–Trinajstić information content (AvgIpc) is 2.67. The second kappa shape index (κ2) is 8.17. The molecule has 4 nitrogen and oxygen atoms in total. The van der Waals surface area contributed by atoms with Crippen molar-refractivity contribution in [2.24, 2.45) is 0 Å². The van der Waals surface area contributed by atoms with Crippen molar-refractivity contribution >= 4 is 10.0 Å². The van der Waals surface area contributed by atoms with Gasteiger partial charge in [0.1, 0.15) is 5.75 Å². The zero-order valence-electron chi connectivity index (χ0n) is 16.6. The van der Waals surface area contributed by atoms with Crippen LogP contribution >= 0.6 is 0 Å². The number of aryl methyl sites for hydroxylation is 3. The molecule has 0 aliphatic heterocycles. The van der Waals surface area contributed by atoms with Gasteiger partial charge in [-0.1, -0.05) is 60.2 Å². The fraction of sp³-hybridized carbons (Fsp3) is 0.217. The standard InChI is InChI=1S/C23H25NO3S/c1-16-10-12-20(13-11-16)22(19-8-6-5-7-9-19)24-28(25,26)23-17(2)14-21(27-4)15-18(23)3/h5-15,22,24H,1-4H3/t22-/m0/s1. The molecular weight excluding hydrogens is 370 g/mol. The van der Waals surface area contributed by atoms with Crippen LogP contribution in [0.3, 0.4) is 0 Å². The van der Waals surface area contributed by atoms with Gasteiger partial charge in [-0.25, -0.2) is 8.42 Å². The second-order valence-corrected chi connectivity index (χ2v) is 8.62. The Balaban J connectivity index is 2.07. The molecule has 3 aromatic rings. The van der Waals surface area contributed by atoms with Gasteiger partial charge >= 0.3 is 0 Å². The molecule has 0 unspecified atom stereocenters. The van der Waals surface area contributed by atoms with Crippen molar-refractivity contribution in [2.75, 3.05) is 7.11 Å². The van der Waals surface area contributed by atoms with Gasteiger partial charge < -0.3 is 4.74 Å². The Labute approximate surface area is 167 Å². The molecule has 1 N–H and O–H groups in total. The van der Waals surface area contributed by atoms with E-state index in [1.165, 1.54) is 0 Å². The third kappa shape index (κ3) is 4.26. The summed E-state index contributed by atoms with van der Waals surface area (Å²) in [6, 6.07) is 20.5. The summed E-state index contributed by atoms with van der Waals surface area (Å²) in [5, 5.41) is 0. The Morgan fingerprint density at radius 3 is 1.89 bits per heavy atom. The summed E-state index contributed by atoms with van der Waals surface area (Å²) in [7, 11) is -2.18. The zero-order valence-corrected chi connectivity index (χ0v) is 17.4. The first-order valence-electron chi connectivity index (χ1n) is 9.11. The van der Waals surface area contributed by atoms with Crippen LogP contribution in [0, 0.1) is 20.8 Å². The first kappa shape index (κ1) is 20.1. The highest BCUT2D eigenvalue weighted by molar-refractivity contribution is 7.89. The molecule has 0 fully saturated rings. The monoisotopic (exact) mass is 395 g/mol. The van der Waals surface area contributed by atoms with Crippen LogP contribution < -0.4 is 9.46 Å². The molecule has 1 atom stereocenters. The lowest BCUT2D eigenvalue weighted by Gasteiger charge is -2.22. The lowest BCUT2D eigenvalue weighted by atomic mass is 9.99. The molecule has 0 heterocycles. The minimum absolute atomic E-state index is 0.293. The number of ether oxygens (including phenoxy) is 1. The van der Waals surface area contributed by atoms with E-state index in [9.17, 15) is 8.42 Å². The van der Waals surface area contributed by atoms with Crippen LogP contribution in [0.4, 0.5) is 0 Å². The molecular formula is C23H25NO3S. The van der Waals surface area contributed by atoms with Crippen LogP contribution in [0.25, 0.3) is 0 Å². The van der Waals surface area contributed by atoms with Crippen molar-refractivity contribution in [1.82, 2.24) is 4.72 Å². The number of sulfonamides is 1. The highest BCUT2D eigenvalue weighted by Gasteiger charge is 2.26. The second-order valence-electron chi connectivity index (χ2n) is 6.97. The van der Waals surface area contributed by atoms with Crippen LogP contribution in [0.15, 0.2) is 71.6 Å². The highest BCUT2D eigenvalue weighted by atomic mass is 32.2. The Morgan fingerprint density at radius 2 is 1.36 bits per heavy atom. The number of hydrogen-bond donors (Lipinski definition) is 1. The van der Waals surface area contributed by atoms with Gasteiger partial charge in [0.05, 0.1) is 18.0 Å². The van der Waals surface area contributed by atoms with Gasteiger partial charge in [0.15, 0.2) is 0 Å². The fourth-order valence-corrected chi connectivity index (χ4v) is 5.07. The molecule has 0 bridgehead atoms.